The van der Waals surface area contributed by atoms with E-state index in [-0.39, 0.29) is 18.1 Å². The number of nitro groups is 1. The topological polar surface area (TPSA) is 184 Å². The zero-order chi connectivity index (χ0) is 31.5. The largest absolute Gasteiger partial charge is 0.497 e. The molecule has 6 aromatic rings. The molecule has 16 heteroatoms. The van der Waals surface area contributed by atoms with Crippen LogP contribution in [0.25, 0.3) is 22.1 Å². The Morgan fingerprint density at radius 2 is 1.89 bits per heavy atom. The highest BCUT2D eigenvalue weighted by Gasteiger charge is 2.23. The number of aryl methyl sites for hydroxylation is 1. The molecule has 0 amide bonds. The monoisotopic (exact) mass is 634 g/mol. The summed E-state index contributed by atoms with van der Waals surface area (Å²) in [5, 5.41) is 22.3. The van der Waals surface area contributed by atoms with Gasteiger partial charge in [-0.1, -0.05) is 11.6 Å². The Kier molecular flexibility index (Phi) is 8.59. The summed E-state index contributed by atoms with van der Waals surface area (Å²) in [6, 6.07) is 11.9. The molecule has 0 saturated heterocycles. The maximum absolute atomic E-state index is 13.0. The van der Waals surface area contributed by atoms with E-state index in [9.17, 15) is 24.8 Å². The molecule has 0 bridgehead atoms. The molecule has 0 unspecified atom stereocenters. The van der Waals surface area contributed by atoms with E-state index < -0.39 is 10.9 Å². The molecule has 0 fully saturated rings. The van der Waals surface area contributed by atoms with Crippen LogP contribution in [0.2, 0.25) is 5.02 Å². The summed E-state index contributed by atoms with van der Waals surface area (Å²) in [5.74, 6) is -0.779. The van der Waals surface area contributed by atoms with Gasteiger partial charge in [-0.05, 0) is 76.6 Å². The van der Waals surface area contributed by atoms with Crippen LogP contribution in [0.5, 0.6) is 5.75 Å². The number of nitrogens with one attached hydrogen (secondary N) is 1. The lowest BCUT2D eigenvalue weighted by Gasteiger charge is -2.08. The second-order valence-corrected chi connectivity index (χ2v) is 10.7. The first-order valence-corrected chi connectivity index (χ1v) is 14.0. The fourth-order valence-corrected chi connectivity index (χ4v) is 5.58. The van der Waals surface area contributed by atoms with Crippen molar-refractivity contribution in [2.45, 2.75) is 23.4 Å². The summed E-state index contributed by atoms with van der Waals surface area (Å²) < 4.78 is 8.35. The van der Waals surface area contributed by atoms with Crippen molar-refractivity contribution in [1.82, 2.24) is 34.1 Å². The summed E-state index contributed by atoms with van der Waals surface area (Å²) >= 11 is 7.03. The third-order valence-corrected chi connectivity index (χ3v) is 8.00. The van der Waals surface area contributed by atoms with Gasteiger partial charge in [-0.15, -0.1) is 0 Å². The predicted octanol–water partition coefficient (Wildman–Crippen LogP) is 5.07. The lowest BCUT2D eigenvalue weighted by molar-refractivity contribution is -0.392. The minimum atomic E-state index is -0.955. The van der Waals surface area contributed by atoms with Crippen LogP contribution in [-0.2, 0) is 18.3 Å². The van der Waals surface area contributed by atoms with Crippen molar-refractivity contribution >= 4 is 63.1 Å². The molecule has 2 aromatic carbocycles. The van der Waals surface area contributed by atoms with E-state index in [2.05, 4.69) is 24.9 Å². The first-order chi connectivity index (χ1) is 21.1. The van der Waals surface area contributed by atoms with Gasteiger partial charge in [0, 0.05) is 28.7 Å². The molecule has 0 spiro atoms. The molecule has 224 valence electrons. The molecule has 0 saturated carbocycles. The molecule has 14 nitrogen and oxygen atoms in total. The first-order valence-electron chi connectivity index (χ1n) is 12.8. The Morgan fingerprint density at radius 1 is 1.14 bits per heavy atom. The maximum Gasteiger partial charge on any atom is 0.396 e. The van der Waals surface area contributed by atoms with Gasteiger partial charge in [-0.3, -0.25) is 14.2 Å². The number of H-pyrrole nitrogens is 1. The van der Waals surface area contributed by atoms with Crippen LogP contribution >= 0.6 is 23.4 Å². The number of carbonyl (C=O) groups is 2. The van der Waals surface area contributed by atoms with Crippen LogP contribution < -0.4 is 4.74 Å². The summed E-state index contributed by atoms with van der Waals surface area (Å²) in [6.45, 7) is 1.75. The van der Waals surface area contributed by atoms with Crippen molar-refractivity contribution in [1.29, 1.82) is 0 Å². The number of halogens is 1. The third kappa shape index (κ3) is 5.95. The fraction of sp³-hybridized carbons (Fsp3) is 0.143. The van der Waals surface area contributed by atoms with Crippen molar-refractivity contribution in [2.24, 2.45) is 7.05 Å². The van der Waals surface area contributed by atoms with Crippen molar-refractivity contribution in [3.05, 3.63) is 93.4 Å². The van der Waals surface area contributed by atoms with Crippen molar-refractivity contribution in [3.63, 3.8) is 0 Å². The number of ether oxygens (including phenoxy) is 1. The van der Waals surface area contributed by atoms with Gasteiger partial charge in [-0.25, -0.2) is 15.0 Å². The van der Waals surface area contributed by atoms with Crippen LogP contribution in [0.3, 0.4) is 0 Å². The molecule has 0 aliphatic rings. The number of nitrogens with zero attached hydrogens (tertiary/aromatic N) is 7. The van der Waals surface area contributed by atoms with Gasteiger partial charge in [0.15, 0.2) is 10.7 Å². The van der Waals surface area contributed by atoms with Crippen molar-refractivity contribution < 1.29 is 24.4 Å². The first kappa shape index (κ1) is 30.2. The standard InChI is InChI=1S/C19H16ClNO4.C9H7N7O2S/c1-11-15(10-18(22)23)16-9-14(25-2)7-8-17(16)21(11)19(24)12-3-5-13(20)6-4-12;1-15-4-14-7(16(17)18)9(15)19-8-5-6(11-2-10-5)12-3-13-8/h3-9H,10H2,1-2H3,(H,22,23);2-4H,1H3,(H,10,11,12,13). The molecule has 0 aliphatic heterocycles. The Balaban J connectivity index is 0.000000181. The molecule has 0 aliphatic carbocycles. The third-order valence-electron chi connectivity index (χ3n) is 6.58. The van der Waals surface area contributed by atoms with E-state index in [0.29, 0.717) is 59.7 Å². The zero-order valence-corrected chi connectivity index (χ0v) is 25.0. The number of aromatic amines is 1. The Bertz CT molecular complexity index is 2040. The minimum absolute atomic E-state index is 0.170. The number of hydrogen-bond donors (Lipinski definition) is 2. The maximum atomic E-state index is 13.0. The van der Waals surface area contributed by atoms with E-state index in [1.165, 1.54) is 23.5 Å². The normalized spacial score (nSPS) is 10.9. The highest BCUT2D eigenvalue weighted by Crippen LogP contribution is 2.35. The minimum Gasteiger partial charge on any atom is -0.497 e. The number of aliphatic carboxylic acids is 1. The van der Waals surface area contributed by atoms with Crippen LogP contribution in [0, 0.1) is 17.0 Å². The van der Waals surface area contributed by atoms with Gasteiger partial charge >= 0.3 is 11.8 Å². The Morgan fingerprint density at radius 3 is 2.57 bits per heavy atom. The number of imidazole rings is 2. The predicted molar refractivity (Wildman–Crippen MR) is 161 cm³/mol. The van der Waals surface area contributed by atoms with Crippen molar-refractivity contribution in [3.8, 4) is 5.75 Å². The number of carboxylic acids is 1. The number of rotatable bonds is 7. The Labute approximate surface area is 257 Å². The van der Waals surface area contributed by atoms with Gasteiger partial charge in [0.1, 0.15) is 22.6 Å². The quantitative estimate of drug-likeness (QED) is 0.136. The molecule has 6 rings (SSSR count). The summed E-state index contributed by atoms with van der Waals surface area (Å²) in [6.07, 6.45) is 4.09. The summed E-state index contributed by atoms with van der Waals surface area (Å²) in [4.78, 5) is 53.4. The summed E-state index contributed by atoms with van der Waals surface area (Å²) in [5.41, 5.74) is 3.48. The average molecular weight is 635 g/mol. The van der Waals surface area contributed by atoms with Gasteiger partial charge < -0.3 is 29.5 Å². The van der Waals surface area contributed by atoms with Crippen LogP contribution in [0.15, 0.2) is 71.5 Å². The smallest absolute Gasteiger partial charge is 0.396 e. The molecular formula is C28H23ClN8O6S. The lowest BCUT2D eigenvalue weighted by atomic mass is 10.1. The SMILES string of the molecule is COc1ccc2c(c1)c(CC(=O)O)c(C)n2C(=O)c1ccc(Cl)cc1.Cn1cnc([N+](=O)[O-])c1Sc1ncnc2nc[nH]c12. The van der Waals surface area contributed by atoms with E-state index in [0.717, 1.165) is 11.8 Å². The molecule has 0 atom stereocenters. The van der Waals surface area contributed by atoms with Crippen LogP contribution in [0.1, 0.15) is 21.6 Å². The van der Waals surface area contributed by atoms with Crippen LogP contribution in [0.4, 0.5) is 5.82 Å². The molecule has 2 N–H and O–H groups in total. The number of carboxylic acid groups (broad SMARTS) is 1. The number of aromatic nitrogens is 7. The number of methoxy groups -OCH3 is 1. The molecule has 0 radical (unpaired) electrons. The summed E-state index contributed by atoms with van der Waals surface area (Å²) in [7, 11) is 3.23. The zero-order valence-electron chi connectivity index (χ0n) is 23.4. The van der Waals surface area contributed by atoms with Gasteiger partial charge in [-0.2, -0.15) is 0 Å². The average Bonchev–Trinajstić information content (AvgIpc) is 3.70. The second-order valence-electron chi connectivity index (χ2n) is 9.29. The fourth-order valence-electron chi connectivity index (χ4n) is 4.51. The van der Waals surface area contributed by atoms with E-state index in [1.807, 2.05) is 0 Å². The second kappa shape index (κ2) is 12.5. The number of carbonyl (C=O) groups excluding carboxylic acids is 1. The molecule has 44 heavy (non-hydrogen) atoms. The number of benzene rings is 2. The molecular weight excluding hydrogens is 612 g/mol. The van der Waals surface area contributed by atoms with E-state index in [4.69, 9.17) is 16.3 Å². The van der Waals surface area contributed by atoms with Gasteiger partial charge in [0.25, 0.3) is 5.91 Å². The van der Waals surface area contributed by atoms with E-state index in [1.54, 1.807) is 68.1 Å². The van der Waals surface area contributed by atoms with Crippen LogP contribution in [-0.4, -0.2) is 63.1 Å². The lowest BCUT2D eigenvalue weighted by Crippen LogP contribution is -2.14. The highest BCUT2D eigenvalue weighted by atomic mass is 35.5. The molecule has 4 aromatic heterocycles. The highest BCUT2D eigenvalue weighted by molar-refractivity contribution is 7.99. The van der Waals surface area contributed by atoms with Gasteiger partial charge in [0.05, 0.1) is 25.4 Å². The molecule has 4 heterocycles. The Hall–Kier alpha value is -5.28. The van der Waals surface area contributed by atoms with Crippen molar-refractivity contribution in [2.75, 3.05) is 7.11 Å². The van der Waals surface area contributed by atoms with Gasteiger partial charge in [0.2, 0.25) is 6.33 Å². The number of fused-ring (bicyclic) bond motifs is 2. The number of hydrogen-bond acceptors (Lipinski definition) is 10. The van der Waals surface area contributed by atoms with E-state index >= 15 is 0 Å².